The fourth-order valence-electron chi connectivity index (χ4n) is 2.48. The number of ether oxygens (including phenoxy) is 4. The van der Waals surface area contributed by atoms with Gasteiger partial charge in [-0.15, -0.1) is 24.0 Å². The first-order valence-corrected chi connectivity index (χ1v) is 8.11. The summed E-state index contributed by atoms with van der Waals surface area (Å²) in [5.74, 6) is 3.16. The first kappa shape index (κ1) is 22.7. The largest absolute Gasteiger partial charge is 0.497 e. The summed E-state index contributed by atoms with van der Waals surface area (Å²) in [7, 11) is 6.45. The molecule has 3 N–H and O–H groups in total. The number of anilines is 1. The molecule has 0 unspecified atom stereocenters. The molecule has 0 heterocycles. The first-order valence-electron chi connectivity index (χ1n) is 8.11. The molecule has 7 nitrogen and oxygen atoms in total. The Morgan fingerprint density at radius 3 is 2.19 bits per heavy atom. The summed E-state index contributed by atoms with van der Waals surface area (Å²) in [5, 5.41) is 3.04. The average molecular weight is 487 g/mol. The van der Waals surface area contributed by atoms with Gasteiger partial charge in [-0.25, -0.2) is 0 Å². The Morgan fingerprint density at radius 1 is 0.889 bits per heavy atom. The second kappa shape index (κ2) is 11.4. The van der Waals surface area contributed by atoms with Crippen LogP contribution in [-0.2, 0) is 6.42 Å². The van der Waals surface area contributed by atoms with E-state index in [0.29, 0.717) is 30.4 Å². The Balaban J connectivity index is 0.00000364. The van der Waals surface area contributed by atoms with Gasteiger partial charge in [-0.3, -0.25) is 4.99 Å². The molecule has 0 bridgehead atoms. The van der Waals surface area contributed by atoms with E-state index in [2.05, 4.69) is 10.3 Å². The van der Waals surface area contributed by atoms with Gasteiger partial charge < -0.3 is 30.0 Å². The van der Waals surface area contributed by atoms with Crippen molar-refractivity contribution in [3.8, 4) is 23.0 Å². The number of aliphatic imine (C=N–C) groups is 1. The van der Waals surface area contributed by atoms with Crippen molar-refractivity contribution in [1.82, 2.24) is 0 Å². The summed E-state index contributed by atoms with van der Waals surface area (Å²) >= 11 is 0. The van der Waals surface area contributed by atoms with Gasteiger partial charge in [-0.2, -0.15) is 0 Å². The van der Waals surface area contributed by atoms with Gasteiger partial charge in [0.25, 0.3) is 0 Å². The van der Waals surface area contributed by atoms with E-state index in [1.807, 2.05) is 24.3 Å². The fourth-order valence-corrected chi connectivity index (χ4v) is 2.48. The van der Waals surface area contributed by atoms with E-state index in [9.17, 15) is 0 Å². The zero-order chi connectivity index (χ0) is 18.9. The molecule has 0 aliphatic rings. The van der Waals surface area contributed by atoms with Crippen molar-refractivity contribution in [2.75, 3.05) is 40.3 Å². The Morgan fingerprint density at radius 2 is 1.56 bits per heavy atom. The molecule has 0 saturated carbocycles. The molecular weight excluding hydrogens is 461 g/mol. The normalized spacial score (nSPS) is 10.6. The molecule has 0 radical (unpaired) electrons. The molecule has 2 aromatic carbocycles. The van der Waals surface area contributed by atoms with Gasteiger partial charge in [0.05, 0.1) is 28.4 Å². The van der Waals surface area contributed by atoms with Crippen LogP contribution in [0.25, 0.3) is 0 Å². The molecule has 0 fully saturated rings. The number of nitrogens with two attached hydrogens (primary N) is 1. The van der Waals surface area contributed by atoms with Crippen molar-refractivity contribution < 1.29 is 18.9 Å². The van der Waals surface area contributed by atoms with Crippen LogP contribution < -0.4 is 30.0 Å². The second-order valence-corrected chi connectivity index (χ2v) is 5.39. The Labute approximate surface area is 176 Å². The van der Waals surface area contributed by atoms with Crippen molar-refractivity contribution in [2.45, 2.75) is 6.42 Å². The molecule has 0 aliphatic heterocycles. The van der Waals surface area contributed by atoms with E-state index in [4.69, 9.17) is 24.7 Å². The zero-order valence-electron chi connectivity index (χ0n) is 15.9. The van der Waals surface area contributed by atoms with Gasteiger partial charge in [-0.05, 0) is 42.3 Å². The third-order valence-corrected chi connectivity index (χ3v) is 3.81. The molecule has 8 heteroatoms. The van der Waals surface area contributed by atoms with Crippen LogP contribution in [-0.4, -0.2) is 40.9 Å². The van der Waals surface area contributed by atoms with Crippen molar-refractivity contribution in [1.29, 1.82) is 0 Å². The Kier molecular flexibility index (Phi) is 9.55. The molecule has 0 aromatic heterocycles. The van der Waals surface area contributed by atoms with Crippen LogP contribution in [0.1, 0.15) is 5.56 Å². The summed E-state index contributed by atoms with van der Waals surface area (Å²) in [6.45, 7) is 0.510. The Bertz CT molecular complexity index is 769. The van der Waals surface area contributed by atoms with Crippen molar-refractivity contribution in [3.05, 3.63) is 42.0 Å². The zero-order valence-corrected chi connectivity index (χ0v) is 18.3. The fraction of sp³-hybridized carbons (Fsp3) is 0.316. The lowest BCUT2D eigenvalue weighted by atomic mass is 10.1. The average Bonchev–Trinajstić information content (AvgIpc) is 2.67. The molecule has 148 valence electrons. The lowest BCUT2D eigenvalue weighted by Gasteiger charge is -2.11. The minimum Gasteiger partial charge on any atom is -0.497 e. The van der Waals surface area contributed by atoms with Crippen LogP contribution in [0, 0.1) is 0 Å². The minimum atomic E-state index is 0. The highest BCUT2D eigenvalue weighted by Crippen LogP contribution is 2.29. The van der Waals surface area contributed by atoms with Crippen LogP contribution in [0.4, 0.5) is 5.69 Å². The lowest BCUT2D eigenvalue weighted by molar-refractivity contribution is 0.355. The molecule has 0 amide bonds. The summed E-state index contributed by atoms with van der Waals surface area (Å²) in [5.41, 5.74) is 7.74. The predicted molar refractivity (Wildman–Crippen MR) is 118 cm³/mol. The number of methoxy groups -OCH3 is 4. The number of rotatable bonds is 8. The molecular formula is C19H26IN3O4. The Hall–Kier alpha value is -2.36. The molecule has 0 saturated heterocycles. The highest BCUT2D eigenvalue weighted by atomic mass is 127. The summed E-state index contributed by atoms with van der Waals surface area (Å²) < 4.78 is 21.1. The number of benzene rings is 2. The van der Waals surface area contributed by atoms with Gasteiger partial charge in [0.2, 0.25) is 0 Å². The van der Waals surface area contributed by atoms with Gasteiger partial charge in [0.1, 0.15) is 11.5 Å². The van der Waals surface area contributed by atoms with Crippen LogP contribution in [0.15, 0.2) is 41.4 Å². The molecule has 2 aromatic rings. The van der Waals surface area contributed by atoms with Crippen LogP contribution in [0.2, 0.25) is 0 Å². The number of hydrogen-bond donors (Lipinski definition) is 2. The summed E-state index contributed by atoms with van der Waals surface area (Å²) in [4.78, 5) is 4.36. The van der Waals surface area contributed by atoms with E-state index in [1.165, 1.54) is 0 Å². The molecule has 0 atom stereocenters. The number of nitrogens with zero attached hydrogens (tertiary/aromatic N) is 1. The number of nitrogens with one attached hydrogen (secondary N) is 1. The minimum absolute atomic E-state index is 0. The van der Waals surface area contributed by atoms with Gasteiger partial charge >= 0.3 is 0 Å². The monoisotopic (exact) mass is 487 g/mol. The van der Waals surface area contributed by atoms with Gasteiger partial charge in [0.15, 0.2) is 17.5 Å². The van der Waals surface area contributed by atoms with E-state index in [1.54, 1.807) is 40.6 Å². The molecule has 27 heavy (non-hydrogen) atoms. The van der Waals surface area contributed by atoms with Gasteiger partial charge in [-0.1, -0.05) is 0 Å². The maximum absolute atomic E-state index is 5.97. The third-order valence-electron chi connectivity index (χ3n) is 3.81. The van der Waals surface area contributed by atoms with E-state index < -0.39 is 0 Å². The highest BCUT2D eigenvalue weighted by molar-refractivity contribution is 14.0. The van der Waals surface area contributed by atoms with Crippen LogP contribution in [0.5, 0.6) is 23.0 Å². The molecule has 2 rings (SSSR count). The smallest absolute Gasteiger partial charge is 0.193 e. The topological polar surface area (TPSA) is 87.3 Å². The quantitative estimate of drug-likeness (QED) is 0.338. The lowest BCUT2D eigenvalue weighted by Crippen LogP contribution is -2.23. The molecule has 0 spiro atoms. The van der Waals surface area contributed by atoms with E-state index in [-0.39, 0.29) is 24.0 Å². The van der Waals surface area contributed by atoms with Crippen LogP contribution >= 0.6 is 24.0 Å². The number of hydrogen-bond acceptors (Lipinski definition) is 5. The van der Waals surface area contributed by atoms with Crippen molar-refractivity contribution in [3.63, 3.8) is 0 Å². The number of halogens is 1. The van der Waals surface area contributed by atoms with Crippen LogP contribution in [0.3, 0.4) is 0 Å². The third kappa shape index (κ3) is 6.38. The van der Waals surface area contributed by atoms with Crippen molar-refractivity contribution >= 4 is 35.6 Å². The highest BCUT2D eigenvalue weighted by Gasteiger charge is 2.06. The summed E-state index contributed by atoms with van der Waals surface area (Å²) in [6.07, 6.45) is 0.675. The second-order valence-electron chi connectivity index (χ2n) is 5.39. The maximum Gasteiger partial charge on any atom is 0.193 e. The standard InChI is InChI=1S/C19H25N3O4.HI/c1-23-15-6-8-16(24-2)13(11-15)9-10-21-19(20)22-14-5-7-17(25-3)18(12-14)26-4;/h5-8,11-12H,9-10H2,1-4H3,(H3,20,21,22);1H. The van der Waals surface area contributed by atoms with E-state index in [0.717, 1.165) is 22.7 Å². The predicted octanol–water partition coefficient (Wildman–Crippen LogP) is 3.31. The summed E-state index contributed by atoms with van der Waals surface area (Å²) in [6, 6.07) is 11.1. The van der Waals surface area contributed by atoms with E-state index >= 15 is 0 Å². The SMILES string of the molecule is COc1ccc(OC)c(CCN=C(N)Nc2ccc(OC)c(OC)c2)c1.I. The van der Waals surface area contributed by atoms with Crippen molar-refractivity contribution in [2.24, 2.45) is 10.7 Å². The maximum atomic E-state index is 5.97. The van der Waals surface area contributed by atoms with Gasteiger partial charge in [0, 0.05) is 18.3 Å². The molecule has 0 aliphatic carbocycles. The number of guanidine groups is 1. The first-order chi connectivity index (χ1) is 12.6.